The molecule has 0 N–H and O–H groups in total. The summed E-state index contributed by atoms with van der Waals surface area (Å²) in [7, 11) is 3.95. The van der Waals surface area contributed by atoms with E-state index in [0.717, 1.165) is 5.82 Å². The van der Waals surface area contributed by atoms with E-state index in [1.807, 2.05) is 37.2 Å². The van der Waals surface area contributed by atoms with Crippen LogP contribution in [0.5, 0.6) is 0 Å². The Balaban J connectivity index is 0.000000810. The summed E-state index contributed by atoms with van der Waals surface area (Å²) in [5, 5.41) is 0. The van der Waals surface area contributed by atoms with Gasteiger partial charge in [0.1, 0.15) is 5.82 Å². The number of rotatable bonds is 1. The Morgan fingerprint density at radius 1 is 1.30 bits per heavy atom. The van der Waals surface area contributed by atoms with Gasteiger partial charge in [0.15, 0.2) is 0 Å². The summed E-state index contributed by atoms with van der Waals surface area (Å²) in [6.45, 7) is 0. The third-order valence-corrected chi connectivity index (χ3v) is 1.11. The van der Waals surface area contributed by atoms with Crippen LogP contribution in [0.25, 0.3) is 0 Å². The molecule has 0 saturated heterocycles. The molecule has 1 rings (SSSR count). The van der Waals surface area contributed by atoms with E-state index in [4.69, 9.17) is 0 Å². The molecule has 0 spiro atoms. The first-order valence-corrected chi connectivity index (χ1v) is 2.89. The molecule has 3 heteroatoms. The predicted molar refractivity (Wildman–Crippen MR) is 38.6 cm³/mol. The largest absolute Gasteiger partial charge is 0.363 e. The zero-order chi connectivity index (χ0) is 6.69. The number of aromatic nitrogens is 1. The first-order valence-electron chi connectivity index (χ1n) is 2.89. The number of anilines is 1. The molecule has 53 valence electrons. The van der Waals surface area contributed by atoms with Crippen molar-refractivity contribution in [2.75, 3.05) is 19.0 Å². The molecule has 0 aliphatic heterocycles. The quantitative estimate of drug-likeness (QED) is 0.773. The topological polar surface area (TPSA) is 16.1 Å². The third-order valence-electron chi connectivity index (χ3n) is 1.11. The monoisotopic (exact) mass is 303 g/mol. The van der Waals surface area contributed by atoms with E-state index in [1.54, 1.807) is 6.20 Å². The fourth-order valence-corrected chi connectivity index (χ4v) is 0.618. The summed E-state index contributed by atoms with van der Waals surface area (Å²) in [5.74, 6) is 0.998. The van der Waals surface area contributed by atoms with Crippen molar-refractivity contribution in [3.63, 3.8) is 0 Å². The summed E-state index contributed by atoms with van der Waals surface area (Å²) in [5.41, 5.74) is 0. The molecule has 2 nitrogen and oxygen atoms in total. The molecule has 0 aromatic carbocycles. The van der Waals surface area contributed by atoms with E-state index in [0.29, 0.717) is 0 Å². The van der Waals surface area contributed by atoms with Crippen molar-refractivity contribution in [3.8, 4) is 0 Å². The minimum Gasteiger partial charge on any atom is -0.363 e. The van der Waals surface area contributed by atoms with Gasteiger partial charge in [-0.25, -0.2) is 4.98 Å². The molecule has 1 aromatic rings. The molecule has 0 saturated carbocycles. The van der Waals surface area contributed by atoms with Gasteiger partial charge in [-0.15, -0.1) is 0 Å². The fourth-order valence-electron chi connectivity index (χ4n) is 0.618. The first-order chi connectivity index (χ1) is 4.30. The van der Waals surface area contributed by atoms with Crippen LogP contribution in [0.2, 0.25) is 0 Å². The minimum atomic E-state index is 0. The second-order valence-corrected chi connectivity index (χ2v) is 2.08. The molecule has 0 aliphatic carbocycles. The van der Waals surface area contributed by atoms with Crippen molar-refractivity contribution in [2.24, 2.45) is 0 Å². The van der Waals surface area contributed by atoms with Crippen LogP contribution in [-0.4, -0.2) is 19.1 Å². The average molecular weight is 303 g/mol. The van der Waals surface area contributed by atoms with Gasteiger partial charge in [0.05, 0.1) is 0 Å². The molecular weight excluding hydrogens is 293 g/mol. The maximum absolute atomic E-state index is 4.10. The van der Waals surface area contributed by atoms with Crippen LogP contribution in [0.4, 0.5) is 5.82 Å². The van der Waals surface area contributed by atoms with E-state index in [1.165, 1.54) is 0 Å². The van der Waals surface area contributed by atoms with Crippen molar-refractivity contribution >= 4 is 5.82 Å². The molecule has 0 atom stereocenters. The molecule has 1 radical (unpaired) electrons. The standard InChI is InChI=1S/C7H10N2.Ta/c1-9(2)7-5-3-4-6-8-7;/h3-6H,1-2H3;. The van der Waals surface area contributed by atoms with E-state index >= 15 is 0 Å². The zero-order valence-electron chi connectivity index (χ0n) is 6.15. The summed E-state index contributed by atoms with van der Waals surface area (Å²) in [6.07, 6.45) is 1.79. The van der Waals surface area contributed by atoms with Crippen LogP contribution < -0.4 is 4.90 Å². The van der Waals surface area contributed by atoms with Gasteiger partial charge in [-0.2, -0.15) is 0 Å². The van der Waals surface area contributed by atoms with Crippen LogP contribution in [0.1, 0.15) is 0 Å². The molecule has 1 aromatic heterocycles. The summed E-state index contributed by atoms with van der Waals surface area (Å²) in [6, 6.07) is 5.86. The number of hydrogen-bond acceptors (Lipinski definition) is 2. The Kier molecular flexibility index (Phi) is 4.36. The summed E-state index contributed by atoms with van der Waals surface area (Å²) < 4.78 is 0. The van der Waals surface area contributed by atoms with Gasteiger partial charge in [-0.05, 0) is 12.1 Å². The Morgan fingerprint density at radius 3 is 2.30 bits per heavy atom. The van der Waals surface area contributed by atoms with E-state index in [-0.39, 0.29) is 22.4 Å². The smallest absolute Gasteiger partial charge is 0.127 e. The molecule has 0 amide bonds. The van der Waals surface area contributed by atoms with E-state index < -0.39 is 0 Å². The van der Waals surface area contributed by atoms with Crippen molar-refractivity contribution in [1.82, 2.24) is 4.98 Å². The van der Waals surface area contributed by atoms with Crippen LogP contribution in [-0.2, 0) is 22.4 Å². The maximum Gasteiger partial charge on any atom is 0.127 e. The molecule has 0 fully saturated rings. The molecule has 0 aliphatic rings. The third kappa shape index (κ3) is 2.52. The Hall–Kier alpha value is -0.310. The SMILES string of the molecule is CN(C)c1ccccn1.[Ta]. The number of hydrogen-bond donors (Lipinski definition) is 0. The Bertz CT molecular complexity index is 174. The summed E-state index contributed by atoms with van der Waals surface area (Å²) in [4.78, 5) is 6.08. The number of nitrogens with zero attached hydrogens (tertiary/aromatic N) is 2. The first kappa shape index (κ1) is 9.69. The van der Waals surface area contributed by atoms with Crippen molar-refractivity contribution in [2.45, 2.75) is 0 Å². The molecule has 0 unspecified atom stereocenters. The Labute approximate surface area is 76.8 Å². The van der Waals surface area contributed by atoms with Crippen molar-refractivity contribution in [1.29, 1.82) is 0 Å². The molecule has 0 bridgehead atoms. The zero-order valence-corrected chi connectivity index (χ0v) is 9.36. The van der Waals surface area contributed by atoms with Gasteiger partial charge < -0.3 is 4.90 Å². The molecule has 10 heavy (non-hydrogen) atoms. The van der Waals surface area contributed by atoms with Gasteiger partial charge in [0, 0.05) is 42.7 Å². The van der Waals surface area contributed by atoms with Crippen LogP contribution in [0.3, 0.4) is 0 Å². The Morgan fingerprint density at radius 2 is 2.00 bits per heavy atom. The average Bonchev–Trinajstić information content (AvgIpc) is 1.90. The van der Waals surface area contributed by atoms with Gasteiger partial charge in [0.25, 0.3) is 0 Å². The minimum absolute atomic E-state index is 0. The molecular formula is C7H10N2Ta. The fraction of sp³-hybridized carbons (Fsp3) is 0.286. The normalized spacial score (nSPS) is 8.20. The van der Waals surface area contributed by atoms with Crippen LogP contribution in [0, 0.1) is 0 Å². The van der Waals surface area contributed by atoms with Gasteiger partial charge >= 0.3 is 0 Å². The summed E-state index contributed by atoms with van der Waals surface area (Å²) >= 11 is 0. The van der Waals surface area contributed by atoms with E-state index in [2.05, 4.69) is 4.98 Å². The second kappa shape index (κ2) is 4.50. The van der Waals surface area contributed by atoms with Gasteiger partial charge in [0.2, 0.25) is 0 Å². The van der Waals surface area contributed by atoms with Crippen LogP contribution in [0.15, 0.2) is 24.4 Å². The van der Waals surface area contributed by atoms with E-state index in [9.17, 15) is 0 Å². The van der Waals surface area contributed by atoms with Crippen molar-refractivity contribution < 1.29 is 22.4 Å². The molecule has 1 heterocycles. The van der Waals surface area contributed by atoms with Crippen molar-refractivity contribution in [3.05, 3.63) is 24.4 Å². The maximum atomic E-state index is 4.10. The van der Waals surface area contributed by atoms with Crippen LogP contribution >= 0.6 is 0 Å². The number of pyridine rings is 1. The van der Waals surface area contributed by atoms with Gasteiger partial charge in [-0.1, -0.05) is 6.07 Å². The van der Waals surface area contributed by atoms with Gasteiger partial charge in [-0.3, -0.25) is 0 Å². The predicted octanol–water partition coefficient (Wildman–Crippen LogP) is 1.15. The second-order valence-electron chi connectivity index (χ2n) is 2.08.